The fourth-order valence-electron chi connectivity index (χ4n) is 3.88. The van der Waals surface area contributed by atoms with Crippen molar-refractivity contribution in [2.24, 2.45) is 10.1 Å². The lowest BCUT2D eigenvalue weighted by atomic mass is 10.1. The molecule has 3 aromatic carbocycles. The third-order valence-corrected chi connectivity index (χ3v) is 6.58. The van der Waals surface area contributed by atoms with Crippen LogP contribution in [0.2, 0.25) is 0 Å². The van der Waals surface area contributed by atoms with Gasteiger partial charge in [-0.25, -0.2) is 18.4 Å². The van der Waals surface area contributed by atoms with Crippen LogP contribution >= 0.6 is 11.3 Å². The molecule has 0 unspecified atom stereocenters. The quantitative estimate of drug-likeness (QED) is 0.327. The van der Waals surface area contributed by atoms with E-state index in [0.29, 0.717) is 50.3 Å². The van der Waals surface area contributed by atoms with Crippen LogP contribution in [0.4, 0.5) is 20.2 Å². The summed E-state index contributed by atoms with van der Waals surface area (Å²) in [5, 5.41) is 9.21. The van der Waals surface area contributed by atoms with Crippen LogP contribution in [-0.4, -0.2) is 44.7 Å². The van der Waals surface area contributed by atoms with Crippen LogP contribution in [0.25, 0.3) is 11.3 Å². The topological polar surface area (TPSA) is 95.7 Å². The molecule has 5 rings (SSSR count). The Morgan fingerprint density at radius 3 is 2.51 bits per heavy atom. The number of amides is 1. The van der Waals surface area contributed by atoms with Gasteiger partial charge in [0.2, 0.25) is 4.80 Å². The molecule has 0 saturated carbocycles. The van der Waals surface area contributed by atoms with E-state index in [1.54, 1.807) is 35.9 Å². The zero-order valence-electron chi connectivity index (χ0n) is 21.0. The molecular formula is C27H22F2N4O5S. The molecule has 1 aromatic heterocycles. The van der Waals surface area contributed by atoms with E-state index in [4.69, 9.17) is 18.9 Å². The minimum absolute atomic E-state index is 0.0523. The standard InChI is InChI=1S/C27H22F2N4O5S/c1-35-23-11-25(37-3)24(36-2)9-16(23)12-30-33-21(15-4-7-22-20(8-15)31-26(34)13-38-22)14-39-27(33)32-19-6-5-17(28)10-18(19)29/h4-12,14H,13H2,1-3H3,(H,31,34). The van der Waals surface area contributed by atoms with E-state index in [2.05, 4.69) is 15.4 Å². The number of aromatic nitrogens is 1. The average Bonchev–Trinajstić information content (AvgIpc) is 3.34. The number of fused-ring (bicyclic) bond motifs is 1. The van der Waals surface area contributed by atoms with E-state index in [1.807, 2.05) is 6.07 Å². The number of halogens is 2. The Hall–Kier alpha value is -4.71. The number of thiazole rings is 1. The van der Waals surface area contributed by atoms with Gasteiger partial charge in [0.1, 0.15) is 23.0 Å². The summed E-state index contributed by atoms with van der Waals surface area (Å²) in [6.07, 6.45) is 1.54. The SMILES string of the molecule is COc1cc(OC)c(OC)cc1C=Nn1c(-c2ccc3c(c2)NC(=O)CO3)csc1=Nc1ccc(F)cc1F. The molecule has 0 radical (unpaired) electrons. The van der Waals surface area contributed by atoms with Gasteiger partial charge in [0, 0.05) is 28.6 Å². The zero-order chi connectivity index (χ0) is 27.5. The molecule has 200 valence electrons. The molecule has 1 amide bonds. The van der Waals surface area contributed by atoms with Gasteiger partial charge < -0.3 is 24.3 Å². The first-order valence-corrected chi connectivity index (χ1v) is 12.4. The average molecular weight is 553 g/mol. The highest BCUT2D eigenvalue weighted by Crippen LogP contribution is 2.35. The predicted molar refractivity (Wildman–Crippen MR) is 143 cm³/mol. The van der Waals surface area contributed by atoms with Crippen LogP contribution < -0.4 is 29.1 Å². The second-order valence-electron chi connectivity index (χ2n) is 8.16. The monoisotopic (exact) mass is 552 g/mol. The Morgan fingerprint density at radius 1 is 1.00 bits per heavy atom. The number of rotatable bonds is 7. The predicted octanol–water partition coefficient (Wildman–Crippen LogP) is 4.97. The number of hydrogen-bond acceptors (Lipinski definition) is 8. The molecule has 1 aliphatic rings. The van der Waals surface area contributed by atoms with Crippen molar-refractivity contribution >= 4 is 34.8 Å². The number of ether oxygens (including phenoxy) is 4. The Bertz CT molecular complexity index is 1660. The van der Waals surface area contributed by atoms with Crippen molar-refractivity contribution in [3.05, 3.63) is 75.9 Å². The first kappa shape index (κ1) is 25.9. The lowest BCUT2D eigenvalue weighted by Gasteiger charge is -2.18. The molecule has 0 saturated heterocycles. The van der Waals surface area contributed by atoms with Crippen molar-refractivity contribution in [2.75, 3.05) is 33.3 Å². The number of nitrogens with zero attached hydrogens (tertiary/aromatic N) is 3. The van der Waals surface area contributed by atoms with Gasteiger partial charge >= 0.3 is 0 Å². The number of hydrogen-bond donors (Lipinski definition) is 1. The first-order valence-electron chi connectivity index (χ1n) is 11.5. The van der Waals surface area contributed by atoms with Crippen LogP contribution in [0.1, 0.15) is 5.56 Å². The summed E-state index contributed by atoms with van der Waals surface area (Å²) in [4.78, 5) is 16.6. The van der Waals surface area contributed by atoms with Gasteiger partial charge in [-0.15, -0.1) is 11.3 Å². The summed E-state index contributed by atoms with van der Waals surface area (Å²) in [6.45, 7) is -0.0610. The highest BCUT2D eigenvalue weighted by atomic mass is 32.1. The fourth-order valence-corrected chi connectivity index (χ4v) is 4.73. The van der Waals surface area contributed by atoms with Crippen LogP contribution in [0.5, 0.6) is 23.0 Å². The minimum atomic E-state index is -0.810. The Morgan fingerprint density at radius 2 is 1.77 bits per heavy atom. The summed E-state index contributed by atoms with van der Waals surface area (Å²) in [6, 6.07) is 11.8. The lowest BCUT2D eigenvalue weighted by Crippen LogP contribution is -2.25. The van der Waals surface area contributed by atoms with E-state index in [0.717, 1.165) is 12.1 Å². The zero-order valence-corrected chi connectivity index (χ0v) is 21.8. The third-order valence-electron chi connectivity index (χ3n) is 5.77. The second kappa shape index (κ2) is 11.0. The summed E-state index contributed by atoms with van der Waals surface area (Å²) >= 11 is 1.20. The smallest absolute Gasteiger partial charge is 0.262 e. The molecule has 0 fully saturated rings. The van der Waals surface area contributed by atoms with E-state index in [9.17, 15) is 13.6 Å². The molecule has 0 bridgehead atoms. The van der Waals surface area contributed by atoms with Crippen molar-refractivity contribution in [1.82, 2.24) is 4.68 Å². The maximum Gasteiger partial charge on any atom is 0.262 e. The Kier molecular flexibility index (Phi) is 7.28. The molecule has 9 nitrogen and oxygen atoms in total. The number of nitrogens with one attached hydrogen (secondary N) is 1. The molecule has 2 heterocycles. The number of anilines is 1. The van der Waals surface area contributed by atoms with E-state index in [-0.39, 0.29) is 18.2 Å². The largest absolute Gasteiger partial charge is 0.496 e. The van der Waals surface area contributed by atoms with Crippen molar-refractivity contribution in [1.29, 1.82) is 0 Å². The van der Waals surface area contributed by atoms with Gasteiger partial charge in [-0.3, -0.25) is 4.79 Å². The van der Waals surface area contributed by atoms with Crippen LogP contribution in [0, 0.1) is 11.6 Å². The molecule has 1 N–H and O–H groups in total. The summed E-state index contributed by atoms with van der Waals surface area (Å²) < 4.78 is 51.2. The van der Waals surface area contributed by atoms with Gasteiger partial charge in [-0.2, -0.15) is 5.10 Å². The van der Waals surface area contributed by atoms with Crippen molar-refractivity contribution in [3.8, 4) is 34.3 Å². The van der Waals surface area contributed by atoms with Gasteiger partial charge in [0.15, 0.2) is 23.9 Å². The number of benzene rings is 3. The molecule has 0 atom stereocenters. The molecule has 0 spiro atoms. The number of carbonyl (C=O) groups is 1. The molecule has 4 aromatic rings. The second-order valence-corrected chi connectivity index (χ2v) is 9.00. The van der Waals surface area contributed by atoms with Crippen LogP contribution in [0.3, 0.4) is 0 Å². The van der Waals surface area contributed by atoms with Gasteiger partial charge in [0.05, 0.1) is 38.9 Å². The van der Waals surface area contributed by atoms with E-state index >= 15 is 0 Å². The highest BCUT2D eigenvalue weighted by Gasteiger charge is 2.18. The molecular weight excluding hydrogens is 530 g/mol. The van der Waals surface area contributed by atoms with Gasteiger partial charge in [-0.05, 0) is 36.4 Å². The van der Waals surface area contributed by atoms with E-state index < -0.39 is 11.6 Å². The number of methoxy groups -OCH3 is 3. The van der Waals surface area contributed by atoms with Gasteiger partial charge in [-0.1, -0.05) is 0 Å². The van der Waals surface area contributed by atoms with Gasteiger partial charge in [0.25, 0.3) is 5.91 Å². The van der Waals surface area contributed by atoms with Crippen molar-refractivity contribution in [2.45, 2.75) is 0 Å². The molecule has 0 aliphatic carbocycles. The molecule has 1 aliphatic heterocycles. The lowest BCUT2D eigenvalue weighted by molar-refractivity contribution is -0.118. The van der Waals surface area contributed by atoms with E-state index in [1.165, 1.54) is 43.4 Å². The fraction of sp³-hybridized carbons (Fsp3) is 0.148. The minimum Gasteiger partial charge on any atom is -0.496 e. The van der Waals surface area contributed by atoms with Crippen molar-refractivity contribution < 1.29 is 32.5 Å². The molecule has 39 heavy (non-hydrogen) atoms. The van der Waals surface area contributed by atoms with Crippen LogP contribution in [0.15, 0.2) is 64.0 Å². The summed E-state index contributed by atoms with van der Waals surface area (Å²) in [7, 11) is 4.56. The highest BCUT2D eigenvalue weighted by molar-refractivity contribution is 7.07. The Labute approximate surface area is 225 Å². The first-order chi connectivity index (χ1) is 18.9. The number of carbonyl (C=O) groups excluding carboxylic acids is 1. The normalized spacial score (nSPS) is 13.2. The maximum atomic E-state index is 14.5. The molecule has 12 heteroatoms. The summed E-state index contributed by atoms with van der Waals surface area (Å²) in [5.74, 6) is 0.190. The third kappa shape index (κ3) is 5.32. The Balaban J connectivity index is 1.66. The van der Waals surface area contributed by atoms with Crippen LogP contribution in [-0.2, 0) is 4.79 Å². The summed E-state index contributed by atoms with van der Waals surface area (Å²) in [5.41, 5.74) is 2.32. The maximum absolute atomic E-state index is 14.5. The van der Waals surface area contributed by atoms with Crippen molar-refractivity contribution in [3.63, 3.8) is 0 Å².